The van der Waals surface area contributed by atoms with Crippen LogP contribution in [0.2, 0.25) is 0 Å². The Balaban J connectivity index is 1.55. The number of nitrogens with one attached hydrogen (secondary N) is 1. The summed E-state index contributed by atoms with van der Waals surface area (Å²) >= 11 is 0. The molecule has 4 rings (SSSR count). The summed E-state index contributed by atoms with van der Waals surface area (Å²) in [6.07, 6.45) is 0.541. The number of hydrogen-bond donors (Lipinski definition) is 1. The van der Waals surface area contributed by atoms with Gasteiger partial charge in [-0.15, -0.1) is 0 Å². The van der Waals surface area contributed by atoms with Gasteiger partial charge in [-0.1, -0.05) is 12.1 Å². The molecule has 2 aliphatic rings. The van der Waals surface area contributed by atoms with Gasteiger partial charge in [0.1, 0.15) is 5.71 Å². The number of hydrazone groups is 1. The molecule has 7 heteroatoms. The monoisotopic (exact) mass is 351 g/mol. The van der Waals surface area contributed by atoms with E-state index in [1.165, 1.54) is 5.01 Å². The zero-order chi connectivity index (χ0) is 18.1. The van der Waals surface area contributed by atoms with Crippen LogP contribution in [0.4, 0.5) is 11.4 Å². The Hall–Kier alpha value is -3.35. The van der Waals surface area contributed by atoms with Gasteiger partial charge in [-0.2, -0.15) is 5.10 Å². The lowest BCUT2D eigenvalue weighted by Gasteiger charge is -2.23. The molecular formula is C19H17N3O4. The number of hydrogen-bond acceptors (Lipinski definition) is 5. The van der Waals surface area contributed by atoms with Gasteiger partial charge in [0.25, 0.3) is 5.91 Å². The highest BCUT2D eigenvalue weighted by atomic mass is 16.7. The summed E-state index contributed by atoms with van der Waals surface area (Å²) < 4.78 is 10.6. The van der Waals surface area contributed by atoms with E-state index in [0.717, 1.165) is 5.56 Å². The summed E-state index contributed by atoms with van der Waals surface area (Å²) in [6, 6.07) is 12.6. The van der Waals surface area contributed by atoms with Crippen molar-refractivity contribution >= 4 is 28.9 Å². The minimum Gasteiger partial charge on any atom is -0.454 e. The fraction of sp³-hybridized carbons (Fsp3) is 0.211. The topological polar surface area (TPSA) is 80.2 Å². The van der Waals surface area contributed by atoms with Gasteiger partial charge in [0, 0.05) is 24.6 Å². The molecule has 0 aliphatic carbocycles. The molecular weight excluding hydrogens is 334 g/mol. The first-order valence-corrected chi connectivity index (χ1v) is 8.28. The van der Waals surface area contributed by atoms with Gasteiger partial charge < -0.3 is 14.8 Å². The maximum absolute atomic E-state index is 12.6. The van der Waals surface area contributed by atoms with Crippen LogP contribution < -0.4 is 19.8 Å². The van der Waals surface area contributed by atoms with E-state index in [1.807, 2.05) is 25.1 Å². The van der Waals surface area contributed by atoms with E-state index in [0.29, 0.717) is 35.0 Å². The normalized spacial score (nSPS) is 15.7. The van der Waals surface area contributed by atoms with Gasteiger partial charge in [0.05, 0.1) is 5.69 Å². The Morgan fingerprint density at radius 1 is 1.12 bits per heavy atom. The van der Waals surface area contributed by atoms with E-state index >= 15 is 0 Å². The van der Waals surface area contributed by atoms with Crippen molar-refractivity contribution < 1.29 is 19.1 Å². The summed E-state index contributed by atoms with van der Waals surface area (Å²) in [7, 11) is 0. The van der Waals surface area contributed by atoms with Crippen molar-refractivity contribution in [3.05, 3.63) is 48.0 Å². The van der Waals surface area contributed by atoms with E-state index in [4.69, 9.17) is 9.47 Å². The van der Waals surface area contributed by atoms with E-state index in [-0.39, 0.29) is 25.0 Å². The zero-order valence-electron chi connectivity index (χ0n) is 14.2. The minimum absolute atomic E-state index is 0.129. The van der Waals surface area contributed by atoms with Crippen molar-refractivity contribution in [2.75, 3.05) is 17.1 Å². The van der Waals surface area contributed by atoms with E-state index < -0.39 is 0 Å². The molecule has 0 fully saturated rings. The number of fused-ring (bicyclic) bond motifs is 1. The largest absolute Gasteiger partial charge is 0.454 e. The third kappa shape index (κ3) is 3.11. The van der Waals surface area contributed by atoms with Gasteiger partial charge >= 0.3 is 0 Å². The molecule has 1 N–H and O–H groups in total. The van der Waals surface area contributed by atoms with Gasteiger partial charge in [0.15, 0.2) is 11.5 Å². The molecule has 2 aromatic carbocycles. The molecule has 0 atom stereocenters. The maximum atomic E-state index is 12.6. The highest BCUT2D eigenvalue weighted by Crippen LogP contribution is 2.34. The van der Waals surface area contributed by atoms with E-state index in [9.17, 15) is 9.59 Å². The van der Waals surface area contributed by atoms with Crippen LogP contribution in [0.3, 0.4) is 0 Å². The van der Waals surface area contributed by atoms with Crippen LogP contribution in [-0.4, -0.2) is 24.3 Å². The number of ether oxygens (including phenoxy) is 2. The first-order chi connectivity index (χ1) is 12.6. The molecule has 0 saturated heterocycles. The Morgan fingerprint density at radius 3 is 2.81 bits per heavy atom. The number of carbonyl (C=O) groups excluding carboxylic acids is 2. The van der Waals surface area contributed by atoms with Crippen LogP contribution in [0.15, 0.2) is 47.6 Å². The Kier molecular flexibility index (Phi) is 4.04. The summed E-state index contributed by atoms with van der Waals surface area (Å²) in [4.78, 5) is 24.8. The molecule has 0 bridgehead atoms. The first-order valence-electron chi connectivity index (χ1n) is 8.28. The molecule has 2 amide bonds. The number of nitrogens with zero attached hydrogens (tertiary/aromatic N) is 2. The van der Waals surface area contributed by atoms with Crippen LogP contribution in [0.1, 0.15) is 18.4 Å². The van der Waals surface area contributed by atoms with Crippen molar-refractivity contribution in [1.82, 2.24) is 0 Å². The second-order valence-corrected chi connectivity index (χ2v) is 6.11. The highest BCUT2D eigenvalue weighted by Gasteiger charge is 2.26. The van der Waals surface area contributed by atoms with Crippen LogP contribution in [0.25, 0.3) is 0 Å². The van der Waals surface area contributed by atoms with Crippen molar-refractivity contribution in [1.29, 1.82) is 0 Å². The molecule has 0 spiro atoms. The fourth-order valence-corrected chi connectivity index (χ4v) is 2.86. The van der Waals surface area contributed by atoms with Crippen molar-refractivity contribution in [3.63, 3.8) is 0 Å². The third-order valence-electron chi connectivity index (χ3n) is 4.17. The van der Waals surface area contributed by atoms with E-state index in [1.54, 1.807) is 24.3 Å². The molecule has 7 nitrogen and oxygen atoms in total. The van der Waals surface area contributed by atoms with Gasteiger partial charge in [-0.3, -0.25) is 9.59 Å². The Labute approximate surface area is 150 Å². The number of aryl methyl sites for hydroxylation is 1. The van der Waals surface area contributed by atoms with Crippen molar-refractivity contribution in [2.45, 2.75) is 19.8 Å². The highest BCUT2D eigenvalue weighted by molar-refractivity contribution is 6.44. The number of anilines is 2. The maximum Gasteiger partial charge on any atom is 0.271 e. The first kappa shape index (κ1) is 16.1. The second kappa shape index (κ2) is 6.51. The predicted molar refractivity (Wildman–Crippen MR) is 96.5 cm³/mol. The van der Waals surface area contributed by atoms with Crippen LogP contribution in [0.5, 0.6) is 11.5 Å². The second-order valence-electron chi connectivity index (χ2n) is 6.11. The molecule has 2 aliphatic heterocycles. The molecule has 0 radical (unpaired) electrons. The molecule has 0 saturated carbocycles. The molecule has 132 valence electrons. The number of benzene rings is 2. The molecule has 2 heterocycles. The molecule has 26 heavy (non-hydrogen) atoms. The lowest BCUT2D eigenvalue weighted by Crippen LogP contribution is -2.36. The van der Waals surface area contributed by atoms with Crippen LogP contribution >= 0.6 is 0 Å². The lowest BCUT2D eigenvalue weighted by atomic mass is 10.1. The van der Waals surface area contributed by atoms with Gasteiger partial charge in [-0.05, 0) is 36.8 Å². The number of amides is 2. The van der Waals surface area contributed by atoms with Gasteiger partial charge in [0.2, 0.25) is 12.7 Å². The van der Waals surface area contributed by atoms with E-state index in [2.05, 4.69) is 10.4 Å². The average molecular weight is 351 g/mol. The summed E-state index contributed by atoms with van der Waals surface area (Å²) in [5, 5.41) is 8.37. The summed E-state index contributed by atoms with van der Waals surface area (Å²) in [6.45, 7) is 2.11. The molecule has 2 aromatic rings. The van der Waals surface area contributed by atoms with Gasteiger partial charge in [-0.25, -0.2) is 5.01 Å². The zero-order valence-corrected chi connectivity index (χ0v) is 14.2. The Morgan fingerprint density at radius 2 is 1.96 bits per heavy atom. The number of rotatable bonds is 3. The molecule has 0 unspecified atom stereocenters. The van der Waals surface area contributed by atoms with Crippen LogP contribution in [-0.2, 0) is 9.59 Å². The summed E-state index contributed by atoms with van der Waals surface area (Å²) in [5.41, 5.74) is 2.57. The van der Waals surface area contributed by atoms with Crippen molar-refractivity contribution in [3.8, 4) is 11.5 Å². The third-order valence-corrected chi connectivity index (χ3v) is 4.17. The standard InChI is InChI=1S/C19H17N3O4/c1-12-3-2-4-14(9-12)22-18(23)8-6-15(21-22)19(24)20-13-5-7-16-17(10-13)26-11-25-16/h2-5,7,9-10H,6,8,11H2,1H3,(H,20,24). The fourth-order valence-electron chi connectivity index (χ4n) is 2.86. The average Bonchev–Trinajstić information content (AvgIpc) is 3.10. The SMILES string of the molecule is Cc1cccc(N2N=C(C(=O)Nc3ccc4c(c3)OCO4)CCC2=O)c1. The quantitative estimate of drug-likeness (QED) is 0.922. The lowest BCUT2D eigenvalue weighted by molar-refractivity contribution is -0.118. The number of carbonyl (C=O) groups is 2. The van der Waals surface area contributed by atoms with Crippen molar-refractivity contribution in [2.24, 2.45) is 5.10 Å². The minimum atomic E-state index is -0.339. The molecule has 0 aromatic heterocycles. The Bertz CT molecular complexity index is 923. The smallest absolute Gasteiger partial charge is 0.271 e. The van der Waals surface area contributed by atoms with Crippen LogP contribution in [0, 0.1) is 6.92 Å². The summed E-state index contributed by atoms with van der Waals surface area (Å²) in [5.74, 6) is 0.767. The predicted octanol–water partition coefficient (Wildman–Crippen LogP) is 2.85.